The van der Waals surface area contributed by atoms with Crippen LogP contribution in [0.25, 0.3) is 43.6 Å². The van der Waals surface area contributed by atoms with Crippen LogP contribution < -0.4 is 5.32 Å². The monoisotopic (exact) mass is 565 g/mol. The number of nitrogens with one attached hydrogen (secondary N) is 1. The number of carbonyl (C=O) groups excluding carboxylic acids is 3. The van der Waals surface area contributed by atoms with E-state index in [1.165, 1.54) is 0 Å². The van der Waals surface area contributed by atoms with E-state index in [-0.39, 0.29) is 32.0 Å². The maximum absolute atomic E-state index is 13.8. The van der Waals surface area contributed by atoms with Gasteiger partial charge >= 0.3 is 11.9 Å². The molecular weight excluding hydrogens is 538 g/mol. The summed E-state index contributed by atoms with van der Waals surface area (Å²) in [7, 11) is 0. The van der Waals surface area contributed by atoms with Crippen LogP contribution in [0.2, 0.25) is 0 Å². The number of aromatic nitrogens is 2. The number of hydrogen-bond donors (Lipinski definition) is 2. The predicted molar refractivity (Wildman–Crippen MR) is 154 cm³/mol. The normalized spacial score (nSPS) is 24.0. The second-order valence-electron chi connectivity index (χ2n) is 11.2. The van der Waals surface area contributed by atoms with Gasteiger partial charge in [0.1, 0.15) is 6.23 Å². The van der Waals surface area contributed by atoms with E-state index in [4.69, 9.17) is 14.2 Å². The number of fused-ring (bicyclic) bond motifs is 13. The first-order chi connectivity index (χ1) is 20.3. The molecule has 2 bridgehead atoms. The maximum Gasteiger partial charge on any atom is 0.343 e. The van der Waals surface area contributed by atoms with Crippen molar-refractivity contribution in [2.45, 2.75) is 43.9 Å². The zero-order chi connectivity index (χ0) is 29.0. The molecule has 1 amide bonds. The molecule has 212 valence electrons. The molecule has 1 fully saturated rings. The molecule has 0 radical (unpaired) electrons. The minimum Gasteiger partial charge on any atom is -0.463 e. The number of amides is 1. The van der Waals surface area contributed by atoms with Crippen LogP contribution in [-0.2, 0) is 36.1 Å². The van der Waals surface area contributed by atoms with Crippen molar-refractivity contribution in [1.29, 1.82) is 0 Å². The van der Waals surface area contributed by atoms with Crippen molar-refractivity contribution in [2.75, 3.05) is 13.2 Å². The van der Waals surface area contributed by atoms with E-state index >= 15 is 0 Å². The van der Waals surface area contributed by atoms with Gasteiger partial charge in [-0.05, 0) is 24.6 Å². The Bertz CT molecular complexity index is 2060. The molecule has 5 heterocycles. The molecule has 8 rings (SSSR count). The highest BCUT2D eigenvalue weighted by molar-refractivity contribution is 6.31. The van der Waals surface area contributed by atoms with Crippen LogP contribution in [0.15, 0.2) is 61.2 Å². The lowest BCUT2D eigenvalue weighted by molar-refractivity contribution is -0.205. The molecule has 0 spiro atoms. The molecule has 3 atom stereocenters. The minimum absolute atomic E-state index is 0.0500. The van der Waals surface area contributed by atoms with Crippen LogP contribution in [0, 0.1) is 0 Å². The molecule has 3 aromatic carbocycles. The lowest BCUT2D eigenvalue weighted by atomic mass is 9.88. The zero-order valence-electron chi connectivity index (χ0n) is 22.8. The van der Waals surface area contributed by atoms with Crippen LogP contribution in [0.1, 0.15) is 41.9 Å². The van der Waals surface area contributed by atoms with Crippen LogP contribution in [0.4, 0.5) is 0 Å². The van der Waals surface area contributed by atoms with Crippen LogP contribution >= 0.6 is 0 Å². The molecule has 10 nitrogen and oxygen atoms in total. The van der Waals surface area contributed by atoms with Crippen molar-refractivity contribution in [1.82, 2.24) is 14.5 Å². The average Bonchev–Trinajstić information content (AvgIpc) is 3.69. The predicted octanol–water partition coefficient (Wildman–Crippen LogP) is 4.14. The lowest BCUT2D eigenvalue weighted by Crippen LogP contribution is -2.56. The molecule has 3 aliphatic rings. The molecule has 1 saturated heterocycles. The number of ether oxygens (including phenoxy) is 3. The Labute approximate surface area is 239 Å². The number of benzene rings is 3. The van der Waals surface area contributed by atoms with Crippen LogP contribution in [0.5, 0.6) is 0 Å². The molecule has 1 unspecified atom stereocenters. The number of esters is 2. The van der Waals surface area contributed by atoms with Crippen molar-refractivity contribution >= 4 is 61.5 Å². The zero-order valence-corrected chi connectivity index (χ0v) is 22.8. The van der Waals surface area contributed by atoms with E-state index in [1.54, 1.807) is 6.92 Å². The van der Waals surface area contributed by atoms with E-state index in [0.717, 1.165) is 55.3 Å². The highest BCUT2D eigenvalue weighted by Crippen LogP contribution is 2.57. The van der Waals surface area contributed by atoms with Gasteiger partial charge in [-0.15, -0.1) is 0 Å². The fraction of sp³-hybridized carbons (Fsp3) is 0.281. The quantitative estimate of drug-likeness (QED) is 0.180. The number of rotatable bonds is 6. The molecule has 2 N–H and O–H groups in total. The first kappa shape index (κ1) is 25.1. The molecule has 0 saturated carbocycles. The van der Waals surface area contributed by atoms with E-state index in [2.05, 4.69) is 11.9 Å². The third kappa shape index (κ3) is 2.92. The third-order valence-corrected chi connectivity index (χ3v) is 9.10. The number of para-hydroxylation sites is 2. The van der Waals surface area contributed by atoms with Crippen LogP contribution in [0.3, 0.4) is 0 Å². The molecule has 42 heavy (non-hydrogen) atoms. The Hall–Kier alpha value is -4.67. The summed E-state index contributed by atoms with van der Waals surface area (Å²) in [5.74, 6) is -1.49. The summed E-state index contributed by atoms with van der Waals surface area (Å²) >= 11 is 0. The first-order valence-corrected chi connectivity index (χ1v) is 14.0. The molecule has 2 aromatic heterocycles. The average molecular weight is 566 g/mol. The summed E-state index contributed by atoms with van der Waals surface area (Å²) in [5, 5.41) is 18.9. The van der Waals surface area contributed by atoms with Gasteiger partial charge in [0.05, 0.1) is 40.8 Å². The standard InChI is InChI=1S/C32H27N3O7/c1-3-23(36)40-13-8-14-41-30(38)32(39)15-22-34-20-11-6-4-9-17(20)25-26-19(16-33-29(26)37)24-18-10-5-7-12-21(18)35(28(24)27(25)34)31(32,2)42-22/h3-7,9-12,22,39H,1,8,13-16H2,2H3,(H,33,37)/t22?,31-,32-/m0/s1. The van der Waals surface area contributed by atoms with Crippen molar-refractivity contribution < 1.29 is 33.7 Å². The maximum atomic E-state index is 13.8. The first-order valence-electron chi connectivity index (χ1n) is 14.0. The van der Waals surface area contributed by atoms with Gasteiger partial charge in [-0.1, -0.05) is 43.0 Å². The Kier molecular flexibility index (Phi) is 5.03. The molecule has 0 aliphatic carbocycles. The SMILES string of the molecule is C=CC(=O)OCCCOC(=O)[C@@]1(O)CC2O[C@]1(C)n1c3ccccc3c3c4c(c5c6ccccc6n2c5c31)C(=O)NC4. The highest BCUT2D eigenvalue weighted by Gasteiger charge is 2.66. The van der Waals surface area contributed by atoms with Gasteiger partial charge in [-0.3, -0.25) is 4.79 Å². The smallest absolute Gasteiger partial charge is 0.343 e. The van der Waals surface area contributed by atoms with Crippen molar-refractivity contribution in [3.63, 3.8) is 0 Å². The third-order valence-electron chi connectivity index (χ3n) is 9.10. The second kappa shape index (κ2) is 8.43. The van der Waals surface area contributed by atoms with Crippen LogP contribution in [-0.4, -0.2) is 50.9 Å². The summed E-state index contributed by atoms with van der Waals surface area (Å²) in [6, 6.07) is 15.6. The Morgan fingerprint density at radius 3 is 2.52 bits per heavy atom. The topological polar surface area (TPSA) is 121 Å². The minimum atomic E-state index is -2.06. The molecule has 10 heteroatoms. The van der Waals surface area contributed by atoms with Crippen molar-refractivity contribution in [3.8, 4) is 0 Å². The van der Waals surface area contributed by atoms with Crippen molar-refractivity contribution in [3.05, 3.63) is 72.3 Å². The molecular formula is C32H27N3O7. The summed E-state index contributed by atoms with van der Waals surface area (Å²) in [6.07, 6.45) is 0.529. The van der Waals surface area contributed by atoms with Gasteiger partial charge in [-0.25, -0.2) is 9.59 Å². The summed E-state index contributed by atoms with van der Waals surface area (Å²) in [4.78, 5) is 38.5. The van der Waals surface area contributed by atoms with E-state index in [9.17, 15) is 19.5 Å². The Morgan fingerprint density at radius 2 is 1.76 bits per heavy atom. The number of carbonyl (C=O) groups is 3. The van der Waals surface area contributed by atoms with E-state index < -0.39 is 29.5 Å². The van der Waals surface area contributed by atoms with Gasteiger partial charge in [-0.2, -0.15) is 0 Å². The second-order valence-corrected chi connectivity index (χ2v) is 11.2. The fourth-order valence-corrected chi connectivity index (χ4v) is 7.30. The number of aliphatic hydroxyl groups is 1. The fourth-order valence-electron chi connectivity index (χ4n) is 7.30. The van der Waals surface area contributed by atoms with E-state index in [1.807, 2.05) is 57.7 Å². The van der Waals surface area contributed by atoms with Gasteiger partial charge in [0, 0.05) is 47.0 Å². The summed E-state index contributed by atoms with van der Waals surface area (Å²) in [5.41, 5.74) is 1.18. The summed E-state index contributed by atoms with van der Waals surface area (Å²) < 4.78 is 21.3. The van der Waals surface area contributed by atoms with Gasteiger partial charge in [0.2, 0.25) is 5.60 Å². The molecule has 3 aliphatic heterocycles. The Morgan fingerprint density at radius 1 is 1.07 bits per heavy atom. The van der Waals surface area contributed by atoms with Crippen molar-refractivity contribution in [2.24, 2.45) is 0 Å². The van der Waals surface area contributed by atoms with Gasteiger partial charge < -0.3 is 33.8 Å². The van der Waals surface area contributed by atoms with Gasteiger partial charge in [0.25, 0.3) is 5.91 Å². The van der Waals surface area contributed by atoms with Gasteiger partial charge in [0.15, 0.2) is 5.72 Å². The number of nitrogens with zero attached hydrogens (tertiary/aromatic N) is 2. The number of hydrogen-bond acceptors (Lipinski definition) is 7. The Balaban J connectivity index is 1.38. The van der Waals surface area contributed by atoms with E-state index in [0.29, 0.717) is 12.1 Å². The lowest BCUT2D eigenvalue weighted by Gasteiger charge is -2.37. The largest absolute Gasteiger partial charge is 0.463 e. The summed E-state index contributed by atoms with van der Waals surface area (Å²) in [6.45, 7) is 5.46. The highest BCUT2D eigenvalue weighted by atomic mass is 16.6. The molecule has 5 aromatic rings.